The van der Waals surface area contributed by atoms with Crippen LogP contribution in [0.4, 0.5) is 5.69 Å². The molecular formula is C21H22N2O. The van der Waals surface area contributed by atoms with E-state index in [1.165, 1.54) is 5.69 Å². The first-order valence-corrected chi connectivity index (χ1v) is 8.15. The number of fused-ring (bicyclic) bond motifs is 1. The number of ether oxygens (including phenoxy) is 1. The van der Waals surface area contributed by atoms with E-state index in [2.05, 4.69) is 46.3 Å². The van der Waals surface area contributed by atoms with Crippen molar-refractivity contribution in [2.75, 3.05) is 25.6 Å². The Morgan fingerprint density at radius 3 is 2.46 bits per heavy atom. The van der Waals surface area contributed by atoms with Gasteiger partial charge < -0.3 is 9.64 Å². The van der Waals surface area contributed by atoms with E-state index in [-0.39, 0.29) is 0 Å². The van der Waals surface area contributed by atoms with Crippen LogP contribution in [0.2, 0.25) is 0 Å². The third kappa shape index (κ3) is 3.74. The number of anilines is 1. The molecule has 2 aromatic carbocycles. The van der Waals surface area contributed by atoms with Crippen LogP contribution in [0, 0.1) is 0 Å². The predicted octanol–water partition coefficient (Wildman–Crippen LogP) is 4.87. The summed E-state index contributed by atoms with van der Waals surface area (Å²) in [6.45, 7) is 2.66. The lowest BCUT2D eigenvalue weighted by atomic mass is 10.1. The zero-order valence-corrected chi connectivity index (χ0v) is 14.4. The fourth-order valence-electron chi connectivity index (χ4n) is 2.53. The Kier molecular flexibility index (Phi) is 4.80. The van der Waals surface area contributed by atoms with Crippen LogP contribution in [0.5, 0.6) is 5.75 Å². The van der Waals surface area contributed by atoms with Gasteiger partial charge in [-0.3, -0.25) is 0 Å². The second kappa shape index (κ2) is 7.18. The van der Waals surface area contributed by atoms with Crippen molar-refractivity contribution in [1.29, 1.82) is 0 Å². The van der Waals surface area contributed by atoms with Crippen molar-refractivity contribution < 1.29 is 4.74 Å². The Labute approximate surface area is 143 Å². The van der Waals surface area contributed by atoms with E-state index in [9.17, 15) is 0 Å². The first-order chi connectivity index (χ1) is 11.7. The summed E-state index contributed by atoms with van der Waals surface area (Å²) in [5, 5.41) is 1.09. The highest BCUT2D eigenvalue weighted by Gasteiger charge is 1.99. The fraction of sp³-hybridized carbons (Fsp3) is 0.190. The molecule has 0 saturated carbocycles. The molecule has 24 heavy (non-hydrogen) atoms. The molecule has 0 saturated heterocycles. The monoisotopic (exact) mass is 318 g/mol. The third-order valence-corrected chi connectivity index (χ3v) is 3.85. The summed E-state index contributed by atoms with van der Waals surface area (Å²) in [6, 6.07) is 18.6. The topological polar surface area (TPSA) is 25.4 Å². The van der Waals surface area contributed by atoms with E-state index < -0.39 is 0 Å². The summed E-state index contributed by atoms with van der Waals surface area (Å²) < 4.78 is 5.53. The Morgan fingerprint density at radius 2 is 1.75 bits per heavy atom. The summed E-state index contributed by atoms with van der Waals surface area (Å²) in [5.41, 5.74) is 4.28. The molecule has 0 N–H and O–H groups in total. The van der Waals surface area contributed by atoms with Gasteiger partial charge in [-0.1, -0.05) is 24.3 Å². The van der Waals surface area contributed by atoms with Gasteiger partial charge in [0.05, 0.1) is 17.8 Å². The van der Waals surface area contributed by atoms with E-state index in [1.54, 1.807) is 0 Å². The molecule has 3 rings (SSSR count). The Bertz CT molecular complexity index is 851. The van der Waals surface area contributed by atoms with Gasteiger partial charge in [0.2, 0.25) is 0 Å². The van der Waals surface area contributed by atoms with Gasteiger partial charge in [0.15, 0.2) is 0 Å². The summed E-state index contributed by atoms with van der Waals surface area (Å²) in [6.07, 6.45) is 4.13. The first-order valence-electron chi connectivity index (χ1n) is 8.15. The third-order valence-electron chi connectivity index (χ3n) is 3.85. The van der Waals surface area contributed by atoms with E-state index in [0.29, 0.717) is 6.61 Å². The van der Waals surface area contributed by atoms with Gasteiger partial charge >= 0.3 is 0 Å². The van der Waals surface area contributed by atoms with Crippen LogP contribution in [0.25, 0.3) is 23.1 Å². The minimum absolute atomic E-state index is 0.673. The Hall–Kier alpha value is -2.81. The molecule has 0 bridgehead atoms. The van der Waals surface area contributed by atoms with Crippen molar-refractivity contribution in [3.05, 3.63) is 65.9 Å². The van der Waals surface area contributed by atoms with E-state index in [0.717, 1.165) is 27.9 Å². The zero-order chi connectivity index (χ0) is 16.9. The minimum Gasteiger partial charge on any atom is -0.494 e. The quantitative estimate of drug-likeness (QED) is 0.671. The molecule has 1 aromatic heterocycles. The number of hydrogen-bond acceptors (Lipinski definition) is 3. The van der Waals surface area contributed by atoms with Crippen LogP contribution in [0.3, 0.4) is 0 Å². The molecular weight excluding hydrogens is 296 g/mol. The van der Waals surface area contributed by atoms with Crippen LogP contribution in [-0.4, -0.2) is 25.7 Å². The van der Waals surface area contributed by atoms with Crippen molar-refractivity contribution in [1.82, 2.24) is 4.98 Å². The molecule has 0 spiro atoms. The maximum atomic E-state index is 5.53. The molecule has 0 aliphatic heterocycles. The minimum atomic E-state index is 0.673. The number of nitrogens with zero attached hydrogens (tertiary/aromatic N) is 2. The van der Waals surface area contributed by atoms with E-state index in [4.69, 9.17) is 4.74 Å². The van der Waals surface area contributed by atoms with Gasteiger partial charge in [-0.15, -0.1) is 0 Å². The smallest absolute Gasteiger partial charge is 0.120 e. The van der Waals surface area contributed by atoms with Gasteiger partial charge in [0.25, 0.3) is 0 Å². The second-order valence-corrected chi connectivity index (χ2v) is 5.84. The zero-order valence-electron chi connectivity index (χ0n) is 14.4. The maximum Gasteiger partial charge on any atom is 0.120 e. The SMILES string of the molecule is CCOc1ccc2nc(C=Cc3ccc(N(C)C)cc3)ccc2c1. The van der Waals surface area contributed by atoms with Crippen molar-refractivity contribution in [2.24, 2.45) is 0 Å². The van der Waals surface area contributed by atoms with Crippen LogP contribution < -0.4 is 9.64 Å². The highest BCUT2D eigenvalue weighted by atomic mass is 16.5. The molecule has 0 amide bonds. The number of aromatic nitrogens is 1. The standard InChI is InChI=1S/C21H22N2O/c1-4-24-20-13-14-21-17(15-20)8-10-18(22-21)9-5-16-6-11-19(12-7-16)23(2)3/h5-15H,4H2,1-3H3. The van der Waals surface area contributed by atoms with E-state index >= 15 is 0 Å². The summed E-state index contributed by atoms with van der Waals surface area (Å²) in [7, 11) is 4.08. The van der Waals surface area contributed by atoms with Gasteiger partial charge in [0.1, 0.15) is 5.75 Å². The summed E-state index contributed by atoms with van der Waals surface area (Å²) in [5.74, 6) is 0.885. The molecule has 0 aliphatic carbocycles. The highest BCUT2D eigenvalue weighted by molar-refractivity contribution is 5.82. The maximum absolute atomic E-state index is 5.53. The molecule has 1 heterocycles. The normalized spacial score (nSPS) is 11.1. The number of hydrogen-bond donors (Lipinski definition) is 0. The van der Waals surface area contributed by atoms with Crippen molar-refractivity contribution in [3.63, 3.8) is 0 Å². The first kappa shape index (κ1) is 16.1. The number of benzene rings is 2. The molecule has 0 atom stereocenters. The molecule has 0 radical (unpaired) electrons. The molecule has 122 valence electrons. The molecule has 3 nitrogen and oxygen atoms in total. The molecule has 0 fully saturated rings. The Balaban J connectivity index is 1.80. The lowest BCUT2D eigenvalue weighted by molar-refractivity contribution is 0.340. The fourth-order valence-corrected chi connectivity index (χ4v) is 2.53. The Morgan fingerprint density at radius 1 is 0.958 bits per heavy atom. The van der Waals surface area contributed by atoms with Crippen LogP contribution in [0.15, 0.2) is 54.6 Å². The van der Waals surface area contributed by atoms with Crippen molar-refractivity contribution in [2.45, 2.75) is 6.92 Å². The average Bonchev–Trinajstić information content (AvgIpc) is 2.60. The summed E-state index contributed by atoms with van der Waals surface area (Å²) in [4.78, 5) is 6.78. The number of pyridine rings is 1. The van der Waals surface area contributed by atoms with Gasteiger partial charge in [-0.2, -0.15) is 0 Å². The van der Waals surface area contributed by atoms with Gasteiger partial charge in [-0.05, 0) is 55.0 Å². The molecule has 3 aromatic rings. The molecule has 0 aliphatic rings. The summed E-state index contributed by atoms with van der Waals surface area (Å²) >= 11 is 0. The highest BCUT2D eigenvalue weighted by Crippen LogP contribution is 2.21. The number of rotatable bonds is 5. The molecule has 3 heteroatoms. The van der Waals surface area contributed by atoms with Gasteiger partial charge in [-0.25, -0.2) is 4.98 Å². The molecule has 0 unspecified atom stereocenters. The lowest BCUT2D eigenvalue weighted by Gasteiger charge is -2.11. The van der Waals surface area contributed by atoms with Crippen molar-refractivity contribution >= 4 is 28.7 Å². The largest absolute Gasteiger partial charge is 0.494 e. The average molecular weight is 318 g/mol. The predicted molar refractivity (Wildman–Crippen MR) is 103 cm³/mol. The van der Waals surface area contributed by atoms with Crippen LogP contribution >= 0.6 is 0 Å². The van der Waals surface area contributed by atoms with Crippen LogP contribution in [-0.2, 0) is 0 Å². The van der Waals surface area contributed by atoms with Gasteiger partial charge in [0, 0.05) is 25.2 Å². The van der Waals surface area contributed by atoms with Crippen LogP contribution in [0.1, 0.15) is 18.2 Å². The van der Waals surface area contributed by atoms with Crippen molar-refractivity contribution in [3.8, 4) is 5.75 Å². The lowest BCUT2D eigenvalue weighted by Crippen LogP contribution is -2.07. The van der Waals surface area contributed by atoms with E-state index in [1.807, 2.05) is 51.4 Å². The second-order valence-electron chi connectivity index (χ2n) is 5.84.